The SMILES string of the molecule is Cc1sc2nc(C(C)OC(=O)c3nn(-c4ccccc4)c(=O)c4ccccc34)[nH]c(=O)c2c1C. The number of nitrogens with zero attached hydrogens (tertiary/aromatic N) is 3. The van der Waals surface area contributed by atoms with E-state index >= 15 is 0 Å². The van der Waals surface area contributed by atoms with Crippen LogP contribution in [-0.4, -0.2) is 25.7 Å². The average Bonchev–Trinajstić information content (AvgIpc) is 3.13. The van der Waals surface area contributed by atoms with Crippen LogP contribution in [0.5, 0.6) is 0 Å². The number of esters is 1. The Morgan fingerprint density at radius 3 is 2.44 bits per heavy atom. The number of aromatic nitrogens is 4. The molecule has 0 fully saturated rings. The van der Waals surface area contributed by atoms with Crippen LogP contribution in [0.2, 0.25) is 0 Å². The number of hydrogen-bond acceptors (Lipinski definition) is 7. The van der Waals surface area contributed by atoms with Gasteiger partial charge in [0, 0.05) is 10.3 Å². The van der Waals surface area contributed by atoms with Gasteiger partial charge in [0.2, 0.25) is 0 Å². The predicted octanol–water partition coefficient (Wildman–Crippen LogP) is 4.22. The van der Waals surface area contributed by atoms with E-state index in [4.69, 9.17) is 4.74 Å². The summed E-state index contributed by atoms with van der Waals surface area (Å²) in [4.78, 5) is 47.7. The summed E-state index contributed by atoms with van der Waals surface area (Å²) in [5.41, 5.74) is 0.804. The molecule has 0 aliphatic heterocycles. The van der Waals surface area contributed by atoms with Gasteiger partial charge in [0.25, 0.3) is 11.1 Å². The van der Waals surface area contributed by atoms with Crippen LogP contribution >= 0.6 is 11.3 Å². The Kier molecular flexibility index (Phi) is 5.33. The second kappa shape index (κ2) is 8.35. The van der Waals surface area contributed by atoms with Gasteiger partial charge in [0.1, 0.15) is 4.83 Å². The van der Waals surface area contributed by atoms with Crippen molar-refractivity contribution in [2.75, 3.05) is 0 Å². The van der Waals surface area contributed by atoms with Gasteiger partial charge >= 0.3 is 5.97 Å². The van der Waals surface area contributed by atoms with E-state index in [0.29, 0.717) is 26.7 Å². The average molecular weight is 473 g/mol. The van der Waals surface area contributed by atoms with Crippen LogP contribution in [-0.2, 0) is 4.74 Å². The van der Waals surface area contributed by atoms with Crippen LogP contribution in [0, 0.1) is 13.8 Å². The number of aryl methyl sites for hydroxylation is 2. The van der Waals surface area contributed by atoms with Gasteiger partial charge in [0.05, 0.1) is 16.5 Å². The van der Waals surface area contributed by atoms with Crippen molar-refractivity contribution in [3.63, 3.8) is 0 Å². The zero-order valence-corrected chi connectivity index (χ0v) is 19.5. The maximum atomic E-state index is 13.2. The Hall–Kier alpha value is -4.11. The van der Waals surface area contributed by atoms with E-state index in [-0.39, 0.29) is 22.6 Å². The number of nitrogens with one attached hydrogen (secondary N) is 1. The summed E-state index contributed by atoms with van der Waals surface area (Å²) in [6.45, 7) is 5.44. The van der Waals surface area contributed by atoms with Crippen molar-refractivity contribution in [3.05, 3.63) is 97.3 Å². The maximum absolute atomic E-state index is 13.2. The number of H-pyrrole nitrogens is 1. The Bertz CT molecular complexity index is 1690. The summed E-state index contributed by atoms with van der Waals surface area (Å²) < 4.78 is 6.84. The number of carbonyl (C=O) groups excluding carboxylic acids is 1. The molecule has 0 radical (unpaired) electrons. The molecule has 0 saturated carbocycles. The quantitative estimate of drug-likeness (QED) is 0.393. The fourth-order valence-corrected chi connectivity index (χ4v) is 4.86. The minimum Gasteiger partial charge on any atom is -0.450 e. The molecule has 34 heavy (non-hydrogen) atoms. The zero-order chi connectivity index (χ0) is 24.0. The third-order valence-electron chi connectivity index (χ3n) is 5.73. The highest BCUT2D eigenvalue weighted by molar-refractivity contribution is 7.18. The molecule has 0 aliphatic carbocycles. The molecule has 0 saturated heterocycles. The molecule has 170 valence electrons. The van der Waals surface area contributed by atoms with E-state index in [1.165, 1.54) is 16.0 Å². The number of fused-ring (bicyclic) bond motifs is 2. The molecule has 0 aliphatic rings. The largest absolute Gasteiger partial charge is 0.450 e. The molecule has 5 aromatic rings. The lowest BCUT2D eigenvalue weighted by Crippen LogP contribution is -2.26. The van der Waals surface area contributed by atoms with E-state index in [9.17, 15) is 14.4 Å². The van der Waals surface area contributed by atoms with E-state index in [2.05, 4.69) is 15.1 Å². The van der Waals surface area contributed by atoms with Crippen molar-refractivity contribution in [2.45, 2.75) is 26.9 Å². The number of carbonyl (C=O) groups is 1. The van der Waals surface area contributed by atoms with Crippen LogP contribution in [0.1, 0.15) is 39.8 Å². The molecule has 1 atom stereocenters. The van der Waals surface area contributed by atoms with E-state index < -0.39 is 12.1 Å². The van der Waals surface area contributed by atoms with E-state index in [1.807, 2.05) is 19.9 Å². The molecule has 0 amide bonds. The molecular formula is C25H20N4O4S. The fourth-order valence-electron chi connectivity index (χ4n) is 3.82. The van der Waals surface area contributed by atoms with Gasteiger partial charge in [-0.2, -0.15) is 9.78 Å². The minimum atomic E-state index is -0.843. The van der Waals surface area contributed by atoms with Gasteiger partial charge in [-0.25, -0.2) is 9.78 Å². The van der Waals surface area contributed by atoms with Gasteiger partial charge < -0.3 is 9.72 Å². The first-order valence-corrected chi connectivity index (χ1v) is 11.4. The van der Waals surface area contributed by atoms with Crippen LogP contribution in [0.15, 0.2) is 64.2 Å². The number of para-hydroxylation sites is 1. The highest BCUT2D eigenvalue weighted by atomic mass is 32.1. The number of thiophene rings is 1. The number of benzene rings is 2. The third kappa shape index (κ3) is 3.60. The van der Waals surface area contributed by atoms with Gasteiger partial charge in [-0.1, -0.05) is 36.4 Å². The maximum Gasteiger partial charge on any atom is 0.360 e. The highest BCUT2D eigenvalue weighted by Crippen LogP contribution is 2.27. The molecule has 2 aromatic carbocycles. The normalized spacial score (nSPS) is 12.2. The highest BCUT2D eigenvalue weighted by Gasteiger charge is 2.23. The number of ether oxygens (including phenoxy) is 1. The standard InChI is InChI=1S/C25H20N4O4S/c1-13-15(3)34-23-19(13)22(30)26-21(27-23)14(2)33-25(32)20-17-11-7-8-12-18(17)24(31)29(28-20)16-9-5-4-6-10-16/h4-12,14H,1-3H3,(H,26,27,30). The van der Waals surface area contributed by atoms with Crippen molar-refractivity contribution >= 4 is 38.3 Å². The van der Waals surface area contributed by atoms with Crippen molar-refractivity contribution < 1.29 is 9.53 Å². The fraction of sp³-hybridized carbons (Fsp3) is 0.160. The topological polar surface area (TPSA) is 107 Å². The van der Waals surface area contributed by atoms with Gasteiger partial charge in [-0.3, -0.25) is 9.59 Å². The number of hydrogen-bond donors (Lipinski definition) is 1. The van der Waals surface area contributed by atoms with Gasteiger partial charge in [-0.15, -0.1) is 11.3 Å². The minimum absolute atomic E-state index is 0.00265. The smallest absolute Gasteiger partial charge is 0.360 e. The van der Waals surface area contributed by atoms with Gasteiger partial charge in [-0.05, 0) is 44.5 Å². The third-order valence-corrected chi connectivity index (χ3v) is 6.83. The molecule has 0 spiro atoms. The molecule has 3 aromatic heterocycles. The van der Waals surface area contributed by atoms with Crippen LogP contribution in [0.3, 0.4) is 0 Å². The number of rotatable bonds is 4. The Morgan fingerprint density at radius 2 is 1.71 bits per heavy atom. The molecule has 9 heteroatoms. The van der Waals surface area contributed by atoms with Crippen LogP contribution in [0.4, 0.5) is 0 Å². The molecule has 3 heterocycles. The Balaban J connectivity index is 1.56. The molecule has 1 N–H and O–H groups in total. The lowest BCUT2D eigenvalue weighted by atomic mass is 10.1. The predicted molar refractivity (Wildman–Crippen MR) is 131 cm³/mol. The molecular weight excluding hydrogens is 452 g/mol. The Morgan fingerprint density at radius 1 is 1.03 bits per heavy atom. The second-order valence-electron chi connectivity index (χ2n) is 7.91. The lowest BCUT2D eigenvalue weighted by molar-refractivity contribution is 0.0313. The summed E-state index contributed by atoms with van der Waals surface area (Å²) in [5, 5.41) is 5.62. The van der Waals surface area contributed by atoms with Crippen molar-refractivity contribution in [1.29, 1.82) is 0 Å². The van der Waals surface area contributed by atoms with Crippen LogP contribution in [0.25, 0.3) is 26.7 Å². The van der Waals surface area contributed by atoms with Gasteiger partial charge in [0.15, 0.2) is 17.6 Å². The van der Waals surface area contributed by atoms with Crippen molar-refractivity contribution in [3.8, 4) is 5.69 Å². The van der Waals surface area contributed by atoms with Crippen molar-refractivity contribution in [2.24, 2.45) is 0 Å². The zero-order valence-electron chi connectivity index (χ0n) is 18.7. The molecule has 0 bridgehead atoms. The summed E-state index contributed by atoms with van der Waals surface area (Å²) >= 11 is 1.42. The first-order valence-electron chi connectivity index (χ1n) is 10.6. The second-order valence-corrected chi connectivity index (χ2v) is 9.11. The molecule has 8 nitrogen and oxygen atoms in total. The monoisotopic (exact) mass is 472 g/mol. The summed E-state index contributed by atoms with van der Waals surface area (Å²) in [5.74, 6) is -0.484. The lowest BCUT2D eigenvalue weighted by Gasteiger charge is -2.14. The van der Waals surface area contributed by atoms with Crippen molar-refractivity contribution in [1.82, 2.24) is 19.7 Å². The number of aromatic amines is 1. The van der Waals surface area contributed by atoms with Crippen LogP contribution < -0.4 is 11.1 Å². The van der Waals surface area contributed by atoms with E-state index in [1.54, 1.807) is 55.5 Å². The summed E-state index contributed by atoms with van der Waals surface area (Å²) in [7, 11) is 0. The van der Waals surface area contributed by atoms with E-state index in [0.717, 1.165) is 10.4 Å². The molecule has 5 rings (SSSR count). The first-order chi connectivity index (χ1) is 16.3. The molecule has 1 unspecified atom stereocenters. The summed E-state index contributed by atoms with van der Waals surface area (Å²) in [6, 6.07) is 15.6. The Labute approximate surface area is 197 Å². The first kappa shape index (κ1) is 21.7. The summed E-state index contributed by atoms with van der Waals surface area (Å²) in [6.07, 6.45) is -0.843.